The molecule has 0 unspecified atom stereocenters. The minimum Gasteiger partial charge on any atom is -0.496 e. The number of H-pyrrole nitrogens is 1. The van der Waals surface area contributed by atoms with Crippen LogP contribution in [0.25, 0.3) is 10.9 Å². The van der Waals surface area contributed by atoms with E-state index >= 15 is 0 Å². The number of nitrogens with one attached hydrogen (secondary N) is 1. The molecule has 0 aliphatic rings. The predicted octanol–water partition coefficient (Wildman–Crippen LogP) is 4.14. The van der Waals surface area contributed by atoms with Gasteiger partial charge in [-0.3, -0.25) is 0 Å². The molecule has 3 nitrogen and oxygen atoms in total. The Kier molecular flexibility index (Phi) is 4.41. The molecule has 2 aromatic carbocycles. The average molecular weight is 312 g/mol. The molecule has 0 amide bonds. The molecule has 22 heavy (non-hydrogen) atoms. The Labute approximate surface area is 134 Å². The van der Waals surface area contributed by atoms with Gasteiger partial charge < -0.3 is 15.5 Å². The zero-order valence-corrected chi connectivity index (χ0v) is 13.7. The Morgan fingerprint density at radius 2 is 1.95 bits per heavy atom. The van der Waals surface area contributed by atoms with E-state index in [0.29, 0.717) is 6.54 Å². The van der Waals surface area contributed by atoms with Crippen LogP contribution in [0.1, 0.15) is 11.1 Å². The van der Waals surface area contributed by atoms with E-state index in [2.05, 4.69) is 48.4 Å². The van der Waals surface area contributed by atoms with Crippen LogP contribution >= 0.6 is 11.8 Å². The highest BCUT2D eigenvalue weighted by molar-refractivity contribution is 7.99. The maximum atomic E-state index is 5.72. The maximum Gasteiger partial charge on any atom is 0.122 e. The van der Waals surface area contributed by atoms with Gasteiger partial charge in [0.15, 0.2) is 0 Å². The molecular weight excluding hydrogens is 292 g/mol. The summed E-state index contributed by atoms with van der Waals surface area (Å²) in [5, 5.41) is 1.23. The summed E-state index contributed by atoms with van der Waals surface area (Å²) in [6, 6.07) is 12.5. The highest BCUT2D eigenvalue weighted by Gasteiger charge is 2.12. The van der Waals surface area contributed by atoms with E-state index in [1.54, 1.807) is 18.9 Å². The van der Waals surface area contributed by atoms with Gasteiger partial charge in [-0.15, -0.1) is 0 Å². The van der Waals surface area contributed by atoms with Crippen LogP contribution in [-0.2, 0) is 6.42 Å². The molecule has 0 radical (unpaired) electrons. The van der Waals surface area contributed by atoms with Crippen molar-refractivity contribution >= 4 is 22.7 Å². The van der Waals surface area contributed by atoms with Crippen LogP contribution < -0.4 is 10.5 Å². The largest absolute Gasteiger partial charge is 0.496 e. The number of ether oxygens (including phenoxy) is 1. The van der Waals surface area contributed by atoms with E-state index in [-0.39, 0.29) is 0 Å². The average Bonchev–Trinajstić information content (AvgIpc) is 2.94. The van der Waals surface area contributed by atoms with Crippen molar-refractivity contribution in [3.8, 4) is 5.75 Å². The molecule has 3 rings (SSSR count). The Bertz CT molecular complexity index is 795. The van der Waals surface area contributed by atoms with Crippen molar-refractivity contribution in [3.05, 3.63) is 53.7 Å². The van der Waals surface area contributed by atoms with Crippen LogP contribution in [0.5, 0.6) is 5.75 Å². The van der Waals surface area contributed by atoms with Crippen molar-refractivity contribution in [1.29, 1.82) is 0 Å². The number of nitrogens with two attached hydrogens (primary N) is 1. The number of hydrogen-bond acceptors (Lipinski definition) is 3. The molecule has 0 aliphatic heterocycles. The lowest BCUT2D eigenvalue weighted by atomic mass is 10.1. The van der Waals surface area contributed by atoms with E-state index in [4.69, 9.17) is 10.5 Å². The van der Waals surface area contributed by atoms with Gasteiger partial charge in [0.05, 0.1) is 7.11 Å². The van der Waals surface area contributed by atoms with E-state index in [9.17, 15) is 0 Å². The number of aromatic nitrogens is 1. The summed E-state index contributed by atoms with van der Waals surface area (Å²) in [5.74, 6) is 0.921. The van der Waals surface area contributed by atoms with Gasteiger partial charge in [0.2, 0.25) is 0 Å². The topological polar surface area (TPSA) is 51.0 Å². The van der Waals surface area contributed by atoms with Crippen LogP contribution in [-0.4, -0.2) is 18.6 Å². The number of aromatic amines is 1. The monoisotopic (exact) mass is 312 g/mol. The second-order valence-electron chi connectivity index (χ2n) is 5.22. The van der Waals surface area contributed by atoms with E-state index in [0.717, 1.165) is 17.7 Å². The molecule has 4 heteroatoms. The van der Waals surface area contributed by atoms with E-state index < -0.39 is 0 Å². The smallest absolute Gasteiger partial charge is 0.122 e. The number of methoxy groups -OCH3 is 1. The van der Waals surface area contributed by atoms with Gasteiger partial charge in [-0.1, -0.05) is 30.0 Å². The van der Waals surface area contributed by atoms with Crippen LogP contribution in [0.2, 0.25) is 0 Å². The molecule has 0 aliphatic carbocycles. The molecule has 114 valence electrons. The van der Waals surface area contributed by atoms with Crippen molar-refractivity contribution in [2.75, 3.05) is 13.7 Å². The lowest BCUT2D eigenvalue weighted by molar-refractivity contribution is 0.412. The fourth-order valence-corrected chi connectivity index (χ4v) is 3.90. The zero-order valence-electron chi connectivity index (χ0n) is 12.8. The van der Waals surface area contributed by atoms with Crippen LogP contribution in [0.3, 0.4) is 0 Å². The van der Waals surface area contributed by atoms with Crippen LogP contribution in [0, 0.1) is 6.92 Å². The lowest BCUT2D eigenvalue weighted by Crippen LogP contribution is -2.03. The molecule has 0 saturated heterocycles. The van der Waals surface area contributed by atoms with Gasteiger partial charge in [0.25, 0.3) is 0 Å². The van der Waals surface area contributed by atoms with Crippen molar-refractivity contribution in [2.45, 2.75) is 23.1 Å². The SMILES string of the molecule is COc1ccc2[nH]cc(Sc3ccccc3CCN)c2c1C. The molecular formula is C18H20N2OS. The first kappa shape index (κ1) is 15.0. The molecule has 3 N–H and O–H groups in total. The summed E-state index contributed by atoms with van der Waals surface area (Å²) in [4.78, 5) is 5.83. The van der Waals surface area contributed by atoms with Gasteiger partial charge >= 0.3 is 0 Å². The summed E-state index contributed by atoms with van der Waals surface area (Å²) in [6.45, 7) is 2.77. The van der Waals surface area contributed by atoms with Gasteiger partial charge in [-0.2, -0.15) is 0 Å². The van der Waals surface area contributed by atoms with Crippen molar-refractivity contribution < 1.29 is 4.74 Å². The molecule has 0 fully saturated rings. The Balaban J connectivity index is 2.05. The Morgan fingerprint density at radius 1 is 1.14 bits per heavy atom. The summed E-state index contributed by atoms with van der Waals surface area (Å²) >= 11 is 1.78. The highest BCUT2D eigenvalue weighted by Crippen LogP contribution is 2.39. The van der Waals surface area contributed by atoms with Crippen LogP contribution in [0.4, 0.5) is 0 Å². The molecule has 3 aromatic rings. The molecule has 0 spiro atoms. The molecule has 1 aromatic heterocycles. The highest BCUT2D eigenvalue weighted by atomic mass is 32.2. The quantitative estimate of drug-likeness (QED) is 0.744. The fraction of sp³-hybridized carbons (Fsp3) is 0.222. The summed E-state index contributed by atoms with van der Waals surface area (Å²) in [5.41, 5.74) is 9.32. The number of rotatable bonds is 5. The zero-order chi connectivity index (χ0) is 15.5. The number of fused-ring (bicyclic) bond motifs is 1. The number of benzene rings is 2. The molecule has 1 heterocycles. The van der Waals surface area contributed by atoms with Gasteiger partial charge in [0.1, 0.15) is 5.75 Å². The van der Waals surface area contributed by atoms with E-state index in [1.807, 2.05) is 6.07 Å². The minimum atomic E-state index is 0.665. The number of aryl methyl sites for hydroxylation is 1. The normalized spacial score (nSPS) is 11.0. The third-order valence-corrected chi connectivity index (χ3v) is 5.01. The second kappa shape index (κ2) is 6.46. The van der Waals surface area contributed by atoms with Crippen LogP contribution in [0.15, 0.2) is 52.4 Å². The fourth-order valence-electron chi connectivity index (χ4n) is 2.73. The van der Waals surface area contributed by atoms with Gasteiger partial charge in [0, 0.05) is 32.5 Å². The summed E-state index contributed by atoms with van der Waals surface area (Å²) in [6.07, 6.45) is 2.97. The standard InChI is InChI=1S/C18H20N2OS/c1-12-15(21-2)8-7-14-18(12)17(11-20-14)22-16-6-4-3-5-13(16)9-10-19/h3-8,11,20H,9-10,19H2,1-2H3. The first-order valence-corrected chi connectivity index (χ1v) is 8.16. The van der Waals surface area contributed by atoms with E-state index in [1.165, 1.54) is 26.3 Å². The molecule has 0 saturated carbocycles. The van der Waals surface area contributed by atoms with Crippen molar-refractivity contribution in [1.82, 2.24) is 4.98 Å². The van der Waals surface area contributed by atoms with Gasteiger partial charge in [-0.05, 0) is 43.7 Å². The summed E-state index contributed by atoms with van der Waals surface area (Å²) < 4.78 is 5.45. The first-order valence-electron chi connectivity index (χ1n) is 7.35. The lowest BCUT2D eigenvalue weighted by Gasteiger charge is -2.10. The Hall–Kier alpha value is -1.91. The summed E-state index contributed by atoms with van der Waals surface area (Å²) in [7, 11) is 1.71. The first-order chi connectivity index (χ1) is 10.7. The van der Waals surface area contributed by atoms with Crippen molar-refractivity contribution in [2.24, 2.45) is 5.73 Å². The maximum absolute atomic E-state index is 5.72. The number of hydrogen-bond donors (Lipinski definition) is 2. The molecule has 0 atom stereocenters. The third-order valence-electron chi connectivity index (χ3n) is 3.85. The second-order valence-corrected chi connectivity index (χ2v) is 6.30. The predicted molar refractivity (Wildman–Crippen MR) is 92.9 cm³/mol. The minimum absolute atomic E-state index is 0.665. The third kappa shape index (κ3) is 2.72. The van der Waals surface area contributed by atoms with Gasteiger partial charge in [-0.25, -0.2) is 0 Å². The molecule has 0 bridgehead atoms. The Morgan fingerprint density at radius 3 is 2.73 bits per heavy atom. The van der Waals surface area contributed by atoms with Crippen molar-refractivity contribution in [3.63, 3.8) is 0 Å².